The zero-order chi connectivity index (χ0) is 7.84. The smallest absolute Gasteiger partial charge is 0.180 e. The van der Waals surface area contributed by atoms with Crippen LogP contribution in [0.2, 0.25) is 0 Å². The lowest BCUT2D eigenvalue weighted by Gasteiger charge is -1.91. The molecule has 2 aromatic rings. The average Bonchev–Trinajstić information content (AvgIpc) is 2.33. The van der Waals surface area contributed by atoms with Gasteiger partial charge in [0.15, 0.2) is 5.65 Å². The fourth-order valence-corrected chi connectivity index (χ4v) is 1.42. The minimum atomic E-state index is 0.793. The van der Waals surface area contributed by atoms with Crippen LogP contribution >= 0.6 is 32.0 Å². The van der Waals surface area contributed by atoms with Crippen molar-refractivity contribution in [1.82, 2.24) is 19.5 Å². The topological polar surface area (TPSA) is 43.6 Å². The molecule has 2 aromatic heterocycles. The number of rotatable bonds is 0. The summed E-state index contributed by atoms with van der Waals surface area (Å²) in [4.78, 5) is 8.37. The summed E-state index contributed by atoms with van der Waals surface area (Å²) in [7, 11) is 2.45. The highest BCUT2D eigenvalue weighted by Crippen LogP contribution is 2.11. The maximum Gasteiger partial charge on any atom is 0.180 e. The summed E-state index contributed by atoms with van der Waals surface area (Å²) in [6.45, 7) is 0. The second-order valence-corrected chi connectivity index (χ2v) is 3.59. The summed E-state index contributed by atoms with van der Waals surface area (Å²) in [5, 5.41) is 3.99. The lowest BCUT2D eigenvalue weighted by atomic mass is 10.6. The first-order valence-corrected chi connectivity index (χ1v) is 4.48. The van der Waals surface area contributed by atoms with E-state index in [9.17, 15) is 0 Å². The zero-order valence-corrected chi connectivity index (χ0v) is 8.71. The van der Waals surface area contributed by atoms with Crippen LogP contribution in [-0.4, -0.2) is 19.5 Å². The Morgan fingerprint density at radius 2 is 2.27 bits per heavy atom. The molecule has 0 N–H and O–H groups in total. The van der Waals surface area contributed by atoms with Gasteiger partial charge >= 0.3 is 0 Å². The Labute approximate surface area is 78.8 Å². The van der Waals surface area contributed by atoms with Gasteiger partial charge < -0.3 is 0 Å². The van der Waals surface area contributed by atoms with E-state index in [4.69, 9.17) is 0 Å². The van der Waals surface area contributed by atoms with Crippen molar-refractivity contribution in [2.75, 3.05) is 0 Å². The van der Waals surface area contributed by atoms with Crippen molar-refractivity contribution in [3.8, 4) is 0 Å². The molecule has 11 heavy (non-hydrogen) atoms. The third-order valence-electron chi connectivity index (χ3n) is 1.27. The van der Waals surface area contributed by atoms with E-state index in [0.29, 0.717) is 0 Å². The Bertz CT molecular complexity index is 398. The lowest BCUT2D eigenvalue weighted by molar-refractivity contribution is 1.02. The van der Waals surface area contributed by atoms with Gasteiger partial charge in [0.25, 0.3) is 0 Å². The molecule has 6 heteroatoms. The van der Waals surface area contributed by atoms with Crippen molar-refractivity contribution in [2.24, 2.45) is 0 Å². The van der Waals surface area contributed by atoms with Crippen LogP contribution in [0.15, 0.2) is 12.4 Å². The van der Waals surface area contributed by atoms with Gasteiger partial charge in [0.05, 0.1) is 12.4 Å². The maximum absolute atomic E-state index is 4.24. The molecule has 0 amide bonds. The summed E-state index contributed by atoms with van der Waals surface area (Å²) in [5.41, 5.74) is 1.61. The van der Waals surface area contributed by atoms with E-state index in [2.05, 4.69) is 47.0 Å². The third-order valence-corrected chi connectivity index (χ3v) is 2.17. The predicted molar refractivity (Wildman–Crippen MR) is 53.1 cm³/mol. The van der Waals surface area contributed by atoms with Gasteiger partial charge in [-0.15, -0.1) is 0 Å². The average molecular weight is 278 g/mol. The van der Waals surface area contributed by atoms with Crippen molar-refractivity contribution < 1.29 is 0 Å². The van der Waals surface area contributed by atoms with Crippen molar-refractivity contribution in [1.29, 1.82) is 0 Å². The third kappa shape index (κ3) is 1.22. The molecule has 0 aromatic carbocycles. The van der Waals surface area contributed by atoms with Crippen LogP contribution in [0.3, 0.4) is 0 Å². The molecule has 0 radical (unpaired) electrons. The normalized spacial score (nSPS) is 10.7. The molecule has 2 rings (SSSR count). The minimum absolute atomic E-state index is 0.793. The van der Waals surface area contributed by atoms with Crippen LogP contribution in [0, 0.1) is 3.70 Å². The van der Waals surface area contributed by atoms with E-state index in [1.54, 1.807) is 16.8 Å². The molecule has 1 atom stereocenters. The highest BCUT2D eigenvalue weighted by atomic mass is 127. The van der Waals surface area contributed by atoms with Crippen molar-refractivity contribution >= 4 is 43.1 Å². The minimum Gasteiger partial charge on any atom is -0.248 e. The number of aromatic nitrogens is 4. The maximum atomic E-state index is 4.24. The fraction of sp³-hybridized carbons (Fsp3) is 0. The highest BCUT2D eigenvalue weighted by molar-refractivity contribution is 14.1. The Morgan fingerprint density at radius 3 is 3.09 bits per heavy atom. The summed E-state index contributed by atoms with van der Waals surface area (Å²) >= 11 is 2.12. The predicted octanol–water partition coefficient (Wildman–Crippen LogP) is 1.07. The molecule has 0 aliphatic carbocycles. The molecule has 1 unspecified atom stereocenters. The summed E-state index contributed by atoms with van der Waals surface area (Å²) in [5.74, 6) is 0. The molecular formula is C5H4IN4P. The van der Waals surface area contributed by atoms with E-state index < -0.39 is 0 Å². The van der Waals surface area contributed by atoms with Gasteiger partial charge in [0.1, 0.15) is 9.22 Å². The quantitative estimate of drug-likeness (QED) is 0.535. The monoisotopic (exact) mass is 278 g/mol. The Kier molecular flexibility index (Phi) is 1.77. The number of nitrogens with zero attached hydrogens (tertiary/aromatic N) is 4. The van der Waals surface area contributed by atoms with Gasteiger partial charge in [0, 0.05) is 0 Å². The molecule has 4 nitrogen and oxygen atoms in total. The summed E-state index contributed by atoms with van der Waals surface area (Å²) in [6, 6.07) is 0. The Morgan fingerprint density at radius 1 is 1.45 bits per heavy atom. The second-order valence-electron chi connectivity index (χ2n) is 1.99. The number of hydrogen-bond acceptors (Lipinski definition) is 3. The molecule has 0 spiro atoms. The van der Waals surface area contributed by atoms with Crippen molar-refractivity contribution in [2.45, 2.75) is 0 Å². The van der Waals surface area contributed by atoms with E-state index in [0.717, 1.165) is 14.9 Å². The number of hydrogen-bond donors (Lipinski definition) is 0. The molecule has 0 saturated heterocycles. The molecule has 2 heterocycles. The number of fused-ring (bicyclic) bond motifs is 1. The van der Waals surface area contributed by atoms with Gasteiger partial charge in [-0.25, -0.2) is 14.4 Å². The van der Waals surface area contributed by atoms with Crippen LogP contribution < -0.4 is 0 Å². The van der Waals surface area contributed by atoms with Gasteiger partial charge in [0.2, 0.25) is 0 Å². The molecule has 0 bridgehead atoms. The first-order chi connectivity index (χ1) is 5.27. The largest absolute Gasteiger partial charge is 0.248 e. The highest BCUT2D eigenvalue weighted by Gasteiger charge is 2.01. The van der Waals surface area contributed by atoms with Crippen LogP contribution in [0.4, 0.5) is 0 Å². The van der Waals surface area contributed by atoms with Crippen LogP contribution in [0.25, 0.3) is 11.2 Å². The Hall–Kier alpha value is -0.290. The molecule has 0 saturated carbocycles. The molecular weight excluding hydrogens is 274 g/mol. The molecule has 56 valence electrons. The second kappa shape index (κ2) is 2.64. The van der Waals surface area contributed by atoms with E-state index in [1.807, 2.05) is 0 Å². The van der Waals surface area contributed by atoms with Gasteiger partial charge in [-0.1, -0.05) is 0 Å². The van der Waals surface area contributed by atoms with Crippen LogP contribution in [0.1, 0.15) is 0 Å². The SMILES string of the molecule is Pn1ncc2ncc(I)nc21. The molecule has 0 fully saturated rings. The van der Waals surface area contributed by atoms with Gasteiger partial charge in [-0.2, -0.15) is 5.10 Å². The van der Waals surface area contributed by atoms with E-state index in [-0.39, 0.29) is 0 Å². The first kappa shape index (κ1) is 7.36. The van der Waals surface area contributed by atoms with Crippen molar-refractivity contribution in [3.63, 3.8) is 0 Å². The molecule has 0 aliphatic rings. The first-order valence-electron chi connectivity index (χ1n) is 2.89. The van der Waals surface area contributed by atoms with Gasteiger partial charge in [-0.05, 0) is 32.0 Å². The fourth-order valence-electron chi connectivity index (χ4n) is 0.799. The zero-order valence-electron chi connectivity index (χ0n) is 5.40. The summed E-state index contributed by atoms with van der Waals surface area (Å²) in [6.07, 6.45) is 3.40. The summed E-state index contributed by atoms with van der Waals surface area (Å²) < 4.78 is 2.50. The van der Waals surface area contributed by atoms with E-state index >= 15 is 0 Å². The van der Waals surface area contributed by atoms with E-state index in [1.165, 1.54) is 0 Å². The van der Waals surface area contributed by atoms with Crippen LogP contribution in [0.5, 0.6) is 0 Å². The Balaban J connectivity index is 2.87. The van der Waals surface area contributed by atoms with Gasteiger partial charge in [-0.3, -0.25) is 0 Å². The molecule has 0 aliphatic heterocycles. The number of halogens is 1. The lowest BCUT2D eigenvalue weighted by Crippen LogP contribution is -1.88. The van der Waals surface area contributed by atoms with Crippen LogP contribution in [-0.2, 0) is 0 Å². The van der Waals surface area contributed by atoms with Crippen molar-refractivity contribution in [3.05, 3.63) is 16.1 Å². The standard InChI is InChI=1S/C5H4IN4P/c6-4-2-7-3-1-8-10(11)5(3)9-4/h1-2H,11H2.